The summed E-state index contributed by atoms with van der Waals surface area (Å²) in [5, 5.41) is 0. The number of hydrogen-bond acceptors (Lipinski definition) is 5. The van der Waals surface area contributed by atoms with Gasteiger partial charge in [0.2, 0.25) is 0 Å². The molecule has 0 aromatic carbocycles. The molecule has 0 spiro atoms. The molecule has 0 amide bonds. The Bertz CT molecular complexity index is 804. The molecular formula is C20H24F3N5. The molecule has 2 aromatic rings. The Labute approximate surface area is 162 Å². The topological polar surface area (TPSA) is 45.2 Å². The number of aromatic nitrogens is 3. The van der Waals surface area contributed by atoms with E-state index in [9.17, 15) is 13.2 Å². The van der Waals surface area contributed by atoms with E-state index in [2.05, 4.69) is 26.8 Å². The van der Waals surface area contributed by atoms with Crippen molar-refractivity contribution >= 4 is 5.82 Å². The summed E-state index contributed by atoms with van der Waals surface area (Å²) in [6.07, 6.45) is 3.24. The van der Waals surface area contributed by atoms with E-state index in [1.54, 1.807) is 0 Å². The first-order valence-corrected chi connectivity index (χ1v) is 9.70. The first-order valence-electron chi connectivity index (χ1n) is 9.70. The Kier molecular flexibility index (Phi) is 5.23. The fraction of sp³-hybridized carbons (Fsp3) is 0.550. The third-order valence-electron chi connectivity index (χ3n) is 5.51. The molecule has 1 saturated carbocycles. The molecular weight excluding hydrogens is 367 g/mol. The second kappa shape index (κ2) is 7.66. The summed E-state index contributed by atoms with van der Waals surface area (Å²) in [4.78, 5) is 17.2. The first kappa shape index (κ1) is 19.1. The number of likely N-dealkylation sites (tertiary alicyclic amines) is 1. The smallest absolute Gasteiger partial charge is 0.355 e. The Morgan fingerprint density at radius 2 is 1.96 bits per heavy atom. The Hall–Kier alpha value is -2.22. The van der Waals surface area contributed by atoms with Gasteiger partial charge in [0.05, 0.1) is 0 Å². The third-order valence-corrected chi connectivity index (χ3v) is 5.51. The maximum Gasteiger partial charge on any atom is 0.433 e. The molecule has 3 heterocycles. The van der Waals surface area contributed by atoms with Gasteiger partial charge in [0.15, 0.2) is 0 Å². The van der Waals surface area contributed by atoms with Gasteiger partial charge in [-0.3, -0.25) is 9.88 Å². The second-order valence-corrected chi connectivity index (χ2v) is 7.74. The molecule has 2 aromatic heterocycles. The highest BCUT2D eigenvalue weighted by molar-refractivity contribution is 5.38. The third kappa shape index (κ3) is 4.43. The van der Waals surface area contributed by atoms with Crippen LogP contribution in [-0.2, 0) is 12.7 Å². The molecule has 2 fully saturated rings. The van der Waals surface area contributed by atoms with Crippen LogP contribution in [-0.4, -0.2) is 46.0 Å². The largest absolute Gasteiger partial charge is 0.433 e. The van der Waals surface area contributed by atoms with Gasteiger partial charge in [-0.05, 0) is 49.9 Å². The lowest BCUT2D eigenvalue weighted by atomic mass is 10.0. The minimum atomic E-state index is -4.39. The van der Waals surface area contributed by atoms with Gasteiger partial charge in [-0.2, -0.15) is 13.2 Å². The van der Waals surface area contributed by atoms with E-state index in [0.29, 0.717) is 18.5 Å². The standard InChI is InChI=1S/C20H24F3N5/c1-27(18-8-9-24-19(26-18)15-5-6-15)16-3-2-10-28(13-16)12-14-4-7-17(25-11-14)20(21,22)23/h4,7-9,11,15-16H,2-3,5-6,10,12-13H2,1H3. The van der Waals surface area contributed by atoms with Gasteiger partial charge < -0.3 is 4.90 Å². The molecule has 1 aliphatic heterocycles. The van der Waals surface area contributed by atoms with Gasteiger partial charge in [0, 0.05) is 44.5 Å². The van der Waals surface area contributed by atoms with Crippen LogP contribution in [0.1, 0.15) is 48.7 Å². The molecule has 1 aliphatic carbocycles. The van der Waals surface area contributed by atoms with Gasteiger partial charge in [-0.1, -0.05) is 6.07 Å². The lowest BCUT2D eigenvalue weighted by molar-refractivity contribution is -0.141. The van der Waals surface area contributed by atoms with Crippen molar-refractivity contribution in [2.24, 2.45) is 0 Å². The molecule has 1 saturated heterocycles. The molecule has 150 valence electrons. The van der Waals surface area contributed by atoms with Crippen LogP contribution in [0, 0.1) is 0 Å². The average molecular weight is 391 g/mol. The number of likely N-dealkylation sites (N-methyl/N-ethyl adjacent to an activating group) is 1. The monoisotopic (exact) mass is 391 g/mol. The normalized spacial score (nSPS) is 20.9. The van der Waals surface area contributed by atoms with E-state index in [-0.39, 0.29) is 0 Å². The van der Waals surface area contributed by atoms with Gasteiger partial charge in [-0.25, -0.2) is 9.97 Å². The number of nitrogens with zero attached hydrogens (tertiary/aromatic N) is 5. The van der Waals surface area contributed by atoms with Crippen LogP contribution >= 0.6 is 0 Å². The van der Waals surface area contributed by atoms with Crippen LogP contribution in [0.3, 0.4) is 0 Å². The molecule has 0 bridgehead atoms. The summed E-state index contributed by atoms with van der Waals surface area (Å²) in [5.41, 5.74) is -0.0444. The highest BCUT2D eigenvalue weighted by Gasteiger charge is 2.32. The summed E-state index contributed by atoms with van der Waals surface area (Å²) >= 11 is 0. The molecule has 1 atom stereocenters. The van der Waals surface area contributed by atoms with E-state index in [1.165, 1.54) is 25.1 Å². The van der Waals surface area contributed by atoms with E-state index >= 15 is 0 Å². The molecule has 4 rings (SSSR count). The molecule has 8 heteroatoms. The molecule has 28 heavy (non-hydrogen) atoms. The number of anilines is 1. The van der Waals surface area contributed by atoms with E-state index in [1.807, 2.05) is 12.3 Å². The van der Waals surface area contributed by atoms with Crippen LogP contribution in [0.5, 0.6) is 0 Å². The van der Waals surface area contributed by atoms with Crippen molar-refractivity contribution < 1.29 is 13.2 Å². The maximum atomic E-state index is 12.7. The van der Waals surface area contributed by atoms with Crippen LogP contribution in [0.2, 0.25) is 0 Å². The average Bonchev–Trinajstić information content (AvgIpc) is 3.53. The highest BCUT2D eigenvalue weighted by atomic mass is 19.4. The van der Waals surface area contributed by atoms with Crippen molar-refractivity contribution in [1.82, 2.24) is 19.9 Å². The fourth-order valence-corrected chi connectivity index (χ4v) is 3.72. The van der Waals surface area contributed by atoms with Crippen LogP contribution in [0.25, 0.3) is 0 Å². The maximum absolute atomic E-state index is 12.7. The minimum Gasteiger partial charge on any atom is -0.355 e. The van der Waals surface area contributed by atoms with Crippen molar-refractivity contribution in [3.8, 4) is 0 Å². The predicted molar refractivity (Wildman–Crippen MR) is 99.9 cm³/mol. The molecule has 2 aliphatic rings. The quantitative estimate of drug-likeness (QED) is 0.774. The number of halogens is 3. The number of hydrogen-bond donors (Lipinski definition) is 0. The fourth-order valence-electron chi connectivity index (χ4n) is 3.72. The van der Waals surface area contributed by atoms with Gasteiger partial charge in [0.1, 0.15) is 17.3 Å². The zero-order valence-electron chi connectivity index (χ0n) is 15.9. The van der Waals surface area contributed by atoms with Crippen LogP contribution in [0.4, 0.5) is 19.0 Å². The lowest BCUT2D eigenvalue weighted by Crippen LogP contribution is -2.46. The number of rotatable bonds is 5. The van der Waals surface area contributed by atoms with Crippen LogP contribution < -0.4 is 4.90 Å². The zero-order chi connectivity index (χ0) is 19.7. The van der Waals surface area contributed by atoms with Crippen molar-refractivity contribution in [3.63, 3.8) is 0 Å². The number of pyridine rings is 1. The van der Waals surface area contributed by atoms with E-state index < -0.39 is 11.9 Å². The Morgan fingerprint density at radius 1 is 1.14 bits per heavy atom. The number of alkyl halides is 3. The summed E-state index contributed by atoms with van der Waals surface area (Å²) in [5.74, 6) is 2.40. The first-order chi connectivity index (χ1) is 13.4. The Balaban J connectivity index is 1.39. The van der Waals surface area contributed by atoms with E-state index in [4.69, 9.17) is 4.98 Å². The molecule has 0 radical (unpaired) electrons. The summed E-state index contributed by atoms with van der Waals surface area (Å²) in [6.45, 7) is 2.38. The summed E-state index contributed by atoms with van der Waals surface area (Å²) in [7, 11) is 2.06. The van der Waals surface area contributed by atoms with Crippen molar-refractivity contribution in [2.45, 2.75) is 50.4 Å². The zero-order valence-corrected chi connectivity index (χ0v) is 15.9. The predicted octanol–water partition coefficient (Wildman–Crippen LogP) is 3.87. The molecule has 5 nitrogen and oxygen atoms in total. The Morgan fingerprint density at radius 3 is 2.64 bits per heavy atom. The molecule has 1 unspecified atom stereocenters. The number of piperidine rings is 1. The van der Waals surface area contributed by atoms with Crippen molar-refractivity contribution in [3.05, 3.63) is 47.7 Å². The van der Waals surface area contributed by atoms with Crippen molar-refractivity contribution in [2.75, 3.05) is 25.0 Å². The van der Waals surface area contributed by atoms with E-state index in [0.717, 1.165) is 49.2 Å². The minimum absolute atomic E-state index is 0.318. The van der Waals surface area contributed by atoms with Crippen molar-refractivity contribution in [1.29, 1.82) is 0 Å². The molecule has 0 N–H and O–H groups in total. The van der Waals surface area contributed by atoms with Gasteiger partial charge in [0.25, 0.3) is 0 Å². The van der Waals surface area contributed by atoms with Gasteiger partial charge in [-0.15, -0.1) is 0 Å². The summed E-state index contributed by atoms with van der Waals surface area (Å²) < 4.78 is 38.0. The second-order valence-electron chi connectivity index (χ2n) is 7.74. The lowest BCUT2D eigenvalue weighted by Gasteiger charge is -2.38. The van der Waals surface area contributed by atoms with Crippen LogP contribution in [0.15, 0.2) is 30.6 Å². The highest BCUT2D eigenvalue weighted by Crippen LogP contribution is 2.38. The summed E-state index contributed by atoms with van der Waals surface area (Å²) in [6, 6.07) is 4.85. The SMILES string of the molecule is CN(c1ccnc(C2CC2)n1)C1CCCN(Cc2ccc(C(F)(F)F)nc2)C1. The van der Waals surface area contributed by atoms with Gasteiger partial charge >= 0.3 is 6.18 Å².